The van der Waals surface area contributed by atoms with Crippen LogP contribution in [0.2, 0.25) is 0 Å². The summed E-state index contributed by atoms with van der Waals surface area (Å²) in [4.78, 5) is 17.6. The highest BCUT2D eigenvalue weighted by Crippen LogP contribution is 2.28. The molecule has 0 atom stereocenters. The van der Waals surface area contributed by atoms with Crippen LogP contribution in [0.4, 0.5) is 0 Å². The standard InChI is InChI=1S/C19H22N4O3/c1-22-8-10-23(11-9-22)21-13-15-5-6-17(18(12-15)25-2)26-19(24)16-4-3-7-20-14-16/h3-7,12-14H,8-11H2,1-2H3/p+1/b21-13-. The highest BCUT2D eigenvalue weighted by Gasteiger charge is 2.15. The van der Waals surface area contributed by atoms with Gasteiger partial charge in [0.2, 0.25) is 0 Å². The maximum Gasteiger partial charge on any atom is 0.345 e. The number of methoxy groups -OCH3 is 1. The monoisotopic (exact) mass is 355 g/mol. The first-order chi connectivity index (χ1) is 12.7. The Bertz CT molecular complexity index is 772. The number of nitrogens with one attached hydrogen (secondary N) is 1. The van der Waals surface area contributed by atoms with Crippen LogP contribution in [0.15, 0.2) is 47.8 Å². The number of ether oxygens (including phenoxy) is 2. The lowest BCUT2D eigenvalue weighted by Gasteiger charge is -2.27. The number of nitrogens with zero attached hydrogens (tertiary/aromatic N) is 3. The molecule has 0 amide bonds. The molecular weight excluding hydrogens is 332 g/mol. The number of rotatable bonds is 5. The lowest BCUT2D eigenvalue weighted by atomic mass is 10.2. The van der Waals surface area contributed by atoms with Gasteiger partial charge in [0.15, 0.2) is 11.5 Å². The van der Waals surface area contributed by atoms with Crippen LogP contribution in [0.25, 0.3) is 0 Å². The number of quaternary nitrogens is 1. The number of hydrogen-bond acceptors (Lipinski definition) is 6. The number of piperazine rings is 1. The van der Waals surface area contributed by atoms with Gasteiger partial charge < -0.3 is 14.4 Å². The van der Waals surface area contributed by atoms with E-state index in [0.29, 0.717) is 17.1 Å². The molecule has 1 fully saturated rings. The zero-order valence-corrected chi connectivity index (χ0v) is 15.0. The SMILES string of the molecule is COc1cc(/C=N\N2CC[NH+](C)CC2)ccc1OC(=O)c1cccnc1. The van der Waals surface area contributed by atoms with E-state index in [9.17, 15) is 4.79 Å². The van der Waals surface area contributed by atoms with E-state index in [1.165, 1.54) is 11.1 Å². The van der Waals surface area contributed by atoms with Gasteiger partial charge in [0.05, 0.1) is 52.1 Å². The van der Waals surface area contributed by atoms with Gasteiger partial charge in [-0.1, -0.05) is 0 Å². The molecule has 0 unspecified atom stereocenters. The Kier molecular flexibility index (Phi) is 5.80. The smallest absolute Gasteiger partial charge is 0.345 e. The van der Waals surface area contributed by atoms with Crippen LogP contribution >= 0.6 is 0 Å². The summed E-state index contributed by atoms with van der Waals surface area (Å²) in [6.45, 7) is 4.06. The summed E-state index contributed by atoms with van der Waals surface area (Å²) in [6.07, 6.45) is 4.87. The molecule has 136 valence electrons. The normalized spacial score (nSPS) is 15.2. The lowest BCUT2D eigenvalue weighted by Crippen LogP contribution is -3.11. The Morgan fingerprint density at radius 3 is 2.77 bits per heavy atom. The van der Waals surface area contributed by atoms with Crippen molar-refractivity contribution < 1.29 is 19.2 Å². The first-order valence-electron chi connectivity index (χ1n) is 8.56. The van der Waals surface area contributed by atoms with Crippen molar-refractivity contribution in [2.45, 2.75) is 0 Å². The summed E-state index contributed by atoms with van der Waals surface area (Å²) in [5, 5.41) is 6.59. The maximum absolute atomic E-state index is 12.2. The highest BCUT2D eigenvalue weighted by atomic mass is 16.6. The molecule has 1 aromatic heterocycles. The minimum absolute atomic E-state index is 0.363. The Morgan fingerprint density at radius 2 is 2.08 bits per heavy atom. The van der Waals surface area contributed by atoms with E-state index in [-0.39, 0.29) is 0 Å². The zero-order valence-electron chi connectivity index (χ0n) is 15.0. The van der Waals surface area contributed by atoms with Gasteiger partial charge in [-0.3, -0.25) is 9.99 Å². The fourth-order valence-corrected chi connectivity index (χ4v) is 2.63. The average molecular weight is 355 g/mol. The Morgan fingerprint density at radius 1 is 1.27 bits per heavy atom. The van der Waals surface area contributed by atoms with Crippen molar-refractivity contribution in [1.82, 2.24) is 9.99 Å². The van der Waals surface area contributed by atoms with E-state index >= 15 is 0 Å². The van der Waals surface area contributed by atoms with Gasteiger partial charge in [0, 0.05) is 12.4 Å². The van der Waals surface area contributed by atoms with E-state index in [1.807, 2.05) is 6.07 Å². The number of pyridine rings is 1. The van der Waals surface area contributed by atoms with E-state index in [2.05, 4.69) is 22.1 Å². The highest BCUT2D eigenvalue weighted by molar-refractivity contribution is 5.91. The Balaban J connectivity index is 1.68. The molecule has 3 rings (SSSR count). The average Bonchev–Trinajstić information content (AvgIpc) is 2.69. The third kappa shape index (κ3) is 4.58. The first-order valence-corrected chi connectivity index (χ1v) is 8.56. The molecule has 1 N–H and O–H groups in total. The summed E-state index contributed by atoms with van der Waals surface area (Å²) < 4.78 is 10.8. The first kappa shape index (κ1) is 17.9. The van der Waals surface area contributed by atoms with Crippen LogP contribution in [0, 0.1) is 0 Å². The van der Waals surface area contributed by atoms with Crippen molar-refractivity contribution in [2.24, 2.45) is 5.10 Å². The van der Waals surface area contributed by atoms with Crippen LogP contribution in [0.5, 0.6) is 11.5 Å². The van der Waals surface area contributed by atoms with Gasteiger partial charge in [-0.25, -0.2) is 4.79 Å². The van der Waals surface area contributed by atoms with E-state index < -0.39 is 5.97 Å². The second-order valence-corrected chi connectivity index (χ2v) is 6.20. The van der Waals surface area contributed by atoms with Crippen molar-refractivity contribution in [2.75, 3.05) is 40.3 Å². The number of benzene rings is 1. The summed E-state index contributed by atoms with van der Waals surface area (Å²) in [5.41, 5.74) is 1.27. The van der Waals surface area contributed by atoms with Crippen molar-refractivity contribution >= 4 is 12.2 Å². The second kappa shape index (κ2) is 8.44. The van der Waals surface area contributed by atoms with E-state index in [1.54, 1.807) is 43.8 Å². The van der Waals surface area contributed by atoms with Crippen molar-refractivity contribution in [3.05, 3.63) is 53.9 Å². The maximum atomic E-state index is 12.2. The second-order valence-electron chi connectivity index (χ2n) is 6.20. The molecule has 7 nitrogen and oxygen atoms in total. The van der Waals surface area contributed by atoms with Crippen molar-refractivity contribution in [3.63, 3.8) is 0 Å². The molecule has 0 aliphatic carbocycles. The number of carbonyl (C=O) groups excluding carboxylic acids is 1. The molecule has 1 aliphatic rings. The third-order valence-electron chi connectivity index (χ3n) is 4.25. The number of hydrazone groups is 1. The predicted molar refractivity (Wildman–Crippen MR) is 98.0 cm³/mol. The minimum Gasteiger partial charge on any atom is -0.493 e. The number of esters is 1. The van der Waals surface area contributed by atoms with Gasteiger partial charge in [0.1, 0.15) is 0 Å². The summed E-state index contributed by atoms with van der Waals surface area (Å²) >= 11 is 0. The molecule has 0 radical (unpaired) electrons. The summed E-state index contributed by atoms with van der Waals surface area (Å²) in [6, 6.07) is 8.70. The van der Waals surface area contributed by atoms with E-state index in [0.717, 1.165) is 31.7 Å². The Labute approximate surface area is 152 Å². The molecule has 2 heterocycles. The van der Waals surface area contributed by atoms with Gasteiger partial charge in [-0.05, 0) is 35.9 Å². The number of aromatic nitrogens is 1. The molecule has 26 heavy (non-hydrogen) atoms. The van der Waals surface area contributed by atoms with Crippen LogP contribution in [0.1, 0.15) is 15.9 Å². The Hall–Kier alpha value is -2.93. The van der Waals surface area contributed by atoms with Crippen LogP contribution in [-0.4, -0.2) is 62.5 Å². The molecule has 7 heteroatoms. The topological polar surface area (TPSA) is 68.5 Å². The molecular formula is C19H23N4O3+. The summed E-state index contributed by atoms with van der Waals surface area (Å²) in [7, 11) is 3.73. The van der Waals surface area contributed by atoms with Crippen molar-refractivity contribution in [3.8, 4) is 11.5 Å². The number of hydrogen-bond donors (Lipinski definition) is 1. The molecule has 0 bridgehead atoms. The fraction of sp³-hybridized carbons (Fsp3) is 0.316. The number of likely N-dealkylation sites (N-methyl/N-ethyl adjacent to an activating group) is 1. The number of carbonyl (C=O) groups is 1. The summed E-state index contributed by atoms with van der Waals surface area (Å²) in [5.74, 6) is 0.369. The predicted octanol–water partition coefficient (Wildman–Crippen LogP) is 0.474. The third-order valence-corrected chi connectivity index (χ3v) is 4.25. The molecule has 2 aromatic rings. The van der Waals surface area contributed by atoms with Gasteiger partial charge in [-0.15, -0.1) is 0 Å². The van der Waals surface area contributed by atoms with Crippen LogP contribution in [0.3, 0.4) is 0 Å². The molecule has 1 aromatic carbocycles. The van der Waals surface area contributed by atoms with Gasteiger partial charge in [0.25, 0.3) is 0 Å². The van der Waals surface area contributed by atoms with Gasteiger partial charge >= 0.3 is 5.97 Å². The molecule has 1 aliphatic heterocycles. The molecule has 0 spiro atoms. The quantitative estimate of drug-likeness (QED) is 0.480. The largest absolute Gasteiger partial charge is 0.493 e. The van der Waals surface area contributed by atoms with Crippen LogP contribution in [-0.2, 0) is 0 Å². The zero-order chi connectivity index (χ0) is 18.4. The van der Waals surface area contributed by atoms with E-state index in [4.69, 9.17) is 9.47 Å². The fourth-order valence-electron chi connectivity index (χ4n) is 2.63. The minimum atomic E-state index is -0.474. The molecule has 0 saturated carbocycles. The van der Waals surface area contributed by atoms with Gasteiger partial charge in [-0.2, -0.15) is 5.10 Å². The van der Waals surface area contributed by atoms with Crippen LogP contribution < -0.4 is 14.4 Å². The lowest BCUT2D eigenvalue weighted by molar-refractivity contribution is -0.884. The van der Waals surface area contributed by atoms with Crippen molar-refractivity contribution in [1.29, 1.82) is 0 Å². The molecule has 1 saturated heterocycles.